The van der Waals surface area contributed by atoms with E-state index >= 15 is 0 Å². The summed E-state index contributed by atoms with van der Waals surface area (Å²) in [4.78, 5) is 3.54. The molecule has 1 heterocycles. The molecule has 0 radical (unpaired) electrons. The van der Waals surface area contributed by atoms with Gasteiger partial charge in [-0.15, -0.1) is 0 Å². The fraction of sp³-hybridized carbons (Fsp3) is 0.417. The highest BCUT2D eigenvalue weighted by Crippen LogP contribution is 2.26. The van der Waals surface area contributed by atoms with Crippen LogP contribution in [0, 0.1) is 6.57 Å². The Morgan fingerprint density at radius 3 is 2.53 bits per heavy atom. The van der Waals surface area contributed by atoms with Gasteiger partial charge in [0.1, 0.15) is 0 Å². The van der Waals surface area contributed by atoms with Gasteiger partial charge >= 0.3 is 0 Å². The van der Waals surface area contributed by atoms with E-state index in [4.69, 9.17) is 23.9 Å². The summed E-state index contributed by atoms with van der Waals surface area (Å²) < 4.78 is 26.1. The van der Waals surface area contributed by atoms with E-state index in [1.807, 2.05) is 0 Å². The maximum atomic E-state index is 12.4. The number of hydrogen-bond donors (Lipinski definition) is 1. The molecule has 1 aromatic carbocycles. The minimum absolute atomic E-state index is 0.173. The first-order valence-electron chi connectivity index (χ1n) is 5.81. The smallest absolute Gasteiger partial charge is 0.286 e. The van der Waals surface area contributed by atoms with Crippen LogP contribution in [0.1, 0.15) is 12.8 Å². The molecule has 0 unspecified atom stereocenters. The molecule has 19 heavy (non-hydrogen) atoms. The highest BCUT2D eigenvalue weighted by atomic mass is 35.5. The van der Waals surface area contributed by atoms with Crippen LogP contribution in [0.5, 0.6) is 0 Å². The second-order valence-electron chi connectivity index (χ2n) is 4.58. The molecule has 0 atom stereocenters. The first-order valence-corrected chi connectivity index (χ1v) is 7.62. The molecule has 2 N–H and O–H groups in total. The van der Waals surface area contributed by atoms with Crippen LogP contribution in [0.2, 0.25) is 5.02 Å². The molecule has 1 aliphatic heterocycles. The number of sulfonamides is 1. The first kappa shape index (κ1) is 14.3. The summed E-state index contributed by atoms with van der Waals surface area (Å²) in [7, 11) is -3.55. The lowest BCUT2D eigenvalue weighted by Crippen LogP contribution is -2.49. The molecule has 1 aliphatic rings. The van der Waals surface area contributed by atoms with Crippen molar-refractivity contribution in [2.24, 2.45) is 5.73 Å². The predicted molar refractivity (Wildman–Crippen MR) is 73.0 cm³/mol. The van der Waals surface area contributed by atoms with Crippen molar-refractivity contribution in [3.8, 4) is 0 Å². The Morgan fingerprint density at radius 2 is 2.00 bits per heavy atom. The fourth-order valence-electron chi connectivity index (χ4n) is 2.00. The summed E-state index contributed by atoms with van der Waals surface area (Å²) in [6.07, 6.45) is 0.687. The summed E-state index contributed by atoms with van der Waals surface area (Å²) in [6, 6.07) is 6.17. The summed E-state index contributed by atoms with van der Waals surface area (Å²) in [5.74, 6) is 0. The molecule has 0 aromatic heterocycles. The third kappa shape index (κ3) is 2.90. The van der Waals surface area contributed by atoms with Gasteiger partial charge in [-0.2, -0.15) is 4.31 Å². The topological polar surface area (TPSA) is 67.8 Å². The van der Waals surface area contributed by atoms with E-state index in [2.05, 4.69) is 4.85 Å². The molecule has 0 bridgehead atoms. The van der Waals surface area contributed by atoms with Gasteiger partial charge in [0, 0.05) is 18.1 Å². The zero-order chi connectivity index (χ0) is 14.1. The van der Waals surface area contributed by atoms with Crippen molar-refractivity contribution in [3.05, 3.63) is 40.7 Å². The maximum Gasteiger partial charge on any atom is 0.286 e. The average molecular weight is 300 g/mol. The van der Waals surface area contributed by atoms with Crippen LogP contribution in [0.25, 0.3) is 4.85 Å². The summed E-state index contributed by atoms with van der Waals surface area (Å²) >= 11 is 5.81. The van der Waals surface area contributed by atoms with Crippen LogP contribution in [0.15, 0.2) is 29.2 Å². The van der Waals surface area contributed by atoms with Crippen molar-refractivity contribution in [1.29, 1.82) is 0 Å². The molecule has 0 amide bonds. The van der Waals surface area contributed by atoms with Crippen molar-refractivity contribution in [1.82, 2.24) is 4.31 Å². The summed E-state index contributed by atoms with van der Waals surface area (Å²) in [6.45, 7) is 7.54. The highest BCUT2D eigenvalue weighted by Gasteiger charge is 2.40. The summed E-state index contributed by atoms with van der Waals surface area (Å²) in [5, 5.41) is 0.382. The normalized spacial score (nSPS) is 19.8. The van der Waals surface area contributed by atoms with E-state index in [9.17, 15) is 8.42 Å². The molecule has 1 saturated heterocycles. The van der Waals surface area contributed by atoms with Crippen LogP contribution in [-0.4, -0.2) is 31.5 Å². The van der Waals surface area contributed by atoms with Crippen LogP contribution < -0.4 is 5.73 Å². The number of halogens is 1. The molecule has 0 spiro atoms. The van der Waals surface area contributed by atoms with Gasteiger partial charge in [-0.25, -0.2) is 15.0 Å². The molecule has 0 saturated carbocycles. The van der Waals surface area contributed by atoms with E-state index < -0.39 is 15.7 Å². The third-order valence-electron chi connectivity index (χ3n) is 3.24. The minimum Gasteiger partial charge on any atom is -0.293 e. The fourth-order valence-corrected chi connectivity index (χ4v) is 3.74. The van der Waals surface area contributed by atoms with Crippen molar-refractivity contribution in [2.45, 2.75) is 23.4 Å². The number of nitrogens with zero attached hydrogens (tertiary/aromatic N) is 2. The zero-order valence-corrected chi connectivity index (χ0v) is 11.8. The zero-order valence-electron chi connectivity index (χ0n) is 10.2. The number of hydrogen-bond acceptors (Lipinski definition) is 3. The standard InChI is InChI=1S/C12H14ClN3O2S/c1-15-12(14)5-7-16(8-6-12)19(17,18)11-4-2-3-10(13)9-11/h2-4,9H,5-8,14H2. The van der Waals surface area contributed by atoms with Gasteiger partial charge in [0.05, 0.1) is 17.7 Å². The minimum atomic E-state index is -3.55. The van der Waals surface area contributed by atoms with Crippen LogP contribution >= 0.6 is 11.6 Å². The first-order chi connectivity index (χ1) is 8.87. The Hall–Kier alpha value is -1.13. The van der Waals surface area contributed by atoms with Gasteiger partial charge in [0.15, 0.2) is 0 Å². The number of rotatable bonds is 2. The lowest BCUT2D eigenvalue weighted by atomic mass is 10.0. The van der Waals surface area contributed by atoms with Gasteiger partial charge in [-0.3, -0.25) is 10.6 Å². The number of nitrogens with two attached hydrogens (primary N) is 1. The van der Waals surface area contributed by atoms with Crippen LogP contribution in [-0.2, 0) is 10.0 Å². The molecule has 7 heteroatoms. The molecular weight excluding hydrogens is 286 g/mol. The predicted octanol–water partition coefficient (Wildman–Crippen LogP) is 1.70. The van der Waals surface area contributed by atoms with Crippen molar-refractivity contribution in [3.63, 3.8) is 0 Å². The number of benzene rings is 1. The summed E-state index contributed by atoms with van der Waals surface area (Å²) in [5.41, 5.74) is 4.90. The lowest BCUT2D eigenvalue weighted by Gasteiger charge is -2.30. The Balaban J connectivity index is 2.22. The molecule has 102 valence electrons. The van der Waals surface area contributed by atoms with E-state index in [0.717, 1.165) is 0 Å². The van der Waals surface area contributed by atoms with Gasteiger partial charge in [-0.1, -0.05) is 17.7 Å². The van der Waals surface area contributed by atoms with Gasteiger partial charge in [-0.05, 0) is 18.2 Å². The molecule has 1 fully saturated rings. The van der Waals surface area contributed by atoms with Crippen LogP contribution in [0.3, 0.4) is 0 Å². The third-order valence-corrected chi connectivity index (χ3v) is 5.37. The van der Waals surface area contributed by atoms with E-state index in [1.54, 1.807) is 12.1 Å². The molecule has 2 rings (SSSR count). The SMILES string of the molecule is [C-]#[N+]C1(N)CCN(S(=O)(=O)c2cccc(Cl)c2)CC1. The average Bonchev–Trinajstić information content (AvgIpc) is 2.39. The van der Waals surface area contributed by atoms with Gasteiger partial charge in [0.2, 0.25) is 10.0 Å². The molecule has 1 aromatic rings. The van der Waals surface area contributed by atoms with E-state index in [-0.39, 0.29) is 18.0 Å². The maximum absolute atomic E-state index is 12.4. The van der Waals surface area contributed by atoms with Gasteiger partial charge in [0.25, 0.3) is 5.66 Å². The second-order valence-corrected chi connectivity index (χ2v) is 6.95. The van der Waals surface area contributed by atoms with Crippen molar-refractivity contribution < 1.29 is 8.42 Å². The van der Waals surface area contributed by atoms with Crippen molar-refractivity contribution in [2.75, 3.05) is 13.1 Å². The number of piperidine rings is 1. The molecule has 5 nitrogen and oxygen atoms in total. The van der Waals surface area contributed by atoms with Crippen molar-refractivity contribution >= 4 is 21.6 Å². The lowest BCUT2D eigenvalue weighted by molar-refractivity contribution is 0.273. The Labute approximate surface area is 117 Å². The largest absolute Gasteiger partial charge is 0.293 e. The second kappa shape index (κ2) is 5.10. The van der Waals surface area contributed by atoms with Crippen LogP contribution in [0.4, 0.5) is 0 Å². The quantitative estimate of drug-likeness (QED) is 0.845. The molecular formula is C12H14ClN3O2S. The van der Waals surface area contributed by atoms with E-state index in [1.165, 1.54) is 16.4 Å². The highest BCUT2D eigenvalue weighted by molar-refractivity contribution is 7.89. The monoisotopic (exact) mass is 299 g/mol. The van der Waals surface area contributed by atoms with Gasteiger partial charge < -0.3 is 0 Å². The Morgan fingerprint density at radius 1 is 1.37 bits per heavy atom. The van der Waals surface area contributed by atoms with E-state index in [0.29, 0.717) is 17.9 Å². The molecule has 0 aliphatic carbocycles. The Kier molecular flexibility index (Phi) is 3.83. The Bertz CT molecular complexity index is 616.